The number of carbonyl (C=O) groups excluding carboxylic acids is 2. The maximum Gasteiger partial charge on any atom is 0.257 e. The normalized spacial score (nSPS) is 20.1. The van der Waals surface area contributed by atoms with E-state index >= 15 is 0 Å². The number of morpholine rings is 1. The van der Waals surface area contributed by atoms with Gasteiger partial charge in [-0.05, 0) is 30.0 Å². The minimum Gasteiger partial charge on any atom is -0.383 e. The van der Waals surface area contributed by atoms with Gasteiger partial charge in [0, 0.05) is 38.3 Å². The van der Waals surface area contributed by atoms with Crippen molar-refractivity contribution in [3.8, 4) is 0 Å². The molecule has 1 aromatic heterocycles. The van der Waals surface area contributed by atoms with Gasteiger partial charge >= 0.3 is 0 Å². The largest absolute Gasteiger partial charge is 0.383 e. The number of nitrogen functional groups attached to an aromatic ring is 1. The molecule has 5 rings (SSSR count). The fourth-order valence-electron chi connectivity index (χ4n) is 5.43. The van der Waals surface area contributed by atoms with E-state index in [0.29, 0.717) is 51.4 Å². The van der Waals surface area contributed by atoms with Gasteiger partial charge in [-0.15, -0.1) is 0 Å². The highest BCUT2D eigenvalue weighted by atomic mass is 16.5. The van der Waals surface area contributed by atoms with Crippen LogP contribution in [0.25, 0.3) is 0 Å². The monoisotopic (exact) mass is 434 g/mol. The van der Waals surface area contributed by atoms with Crippen LogP contribution in [0.4, 0.5) is 5.82 Å². The van der Waals surface area contributed by atoms with E-state index in [4.69, 9.17) is 10.5 Å². The molecule has 0 bridgehead atoms. The van der Waals surface area contributed by atoms with Gasteiger partial charge in [0.25, 0.3) is 5.91 Å². The van der Waals surface area contributed by atoms with Crippen molar-refractivity contribution < 1.29 is 14.3 Å². The Bertz CT molecular complexity index is 1010. The molecule has 7 nitrogen and oxygen atoms in total. The molecule has 32 heavy (non-hydrogen) atoms. The summed E-state index contributed by atoms with van der Waals surface area (Å²) < 4.78 is 5.36. The van der Waals surface area contributed by atoms with Crippen LogP contribution in [0, 0.1) is 0 Å². The van der Waals surface area contributed by atoms with Crippen LogP contribution in [-0.4, -0.2) is 59.4 Å². The van der Waals surface area contributed by atoms with Crippen LogP contribution in [-0.2, 0) is 27.9 Å². The quantitative estimate of drug-likeness (QED) is 0.802. The van der Waals surface area contributed by atoms with Gasteiger partial charge in [-0.2, -0.15) is 0 Å². The SMILES string of the molecule is Nc1nc2c(cc1C(=O)N1CCOCC1)CN(C(=O)C1(c3ccccc3)CCCC1)CC2. The number of hydrogen-bond acceptors (Lipinski definition) is 5. The molecule has 0 spiro atoms. The Labute approximate surface area is 188 Å². The van der Waals surface area contributed by atoms with Gasteiger partial charge < -0.3 is 20.3 Å². The average molecular weight is 435 g/mol. The summed E-state index contributed by atoms with van der Waals surface area (Å²) in [5.74, 6) is 0.363. The van der Waals surface area contributed by atoms with Gasteiger partial charge in [0.05, 0.1) is 24.2 Å². The smallest absolute Gasteiger partial charge is 0.257 e. The molecule has 2 N–H and O–H groups in total. The zero-order valence-electron chi connectivity index (χ0n) is 18.4. The third-order valence-electron chi connectivity index (χ3n) is 7.21. The molecule has 2 fully saturated rings. The summed E-state index contributed by atoms with van der Waals surface area (Å²) >= 11 is 0. The van der Waals surface area contributed by atoms with Gasteiger partial charge in [-0.25, -0.2) is 4.98 Å². The molecule has 7 heteroatoms. The lowest BCUT2D eigenvalue weighted by atomic mass is 9.77. The van der Waals surface area contributed by atoms with E-state index in [1.807, 2.05) is 29.2 Å². The predicted octanol–water partition coefficient (Wildman–Crippen LogP) is 2.53. The van der Waals surface area contributed by atoms with E-state index in [-0.39, 0.29) is 17.6 Å². The van der Waals surface area contributed by atoms with Gasteiger partial charge in [0.2, 0.25) is 5.91 Å². The minimum absolute atomic E-state index is 0.110. The standard InChI is InChI=1S/C25H30N4O3/c26-22-20(23(30)28-12-14-32-15-13-28)16-18-17-29(11-8-21(18)27-22)24(31)25(9-4-5-10-25)19-6-2-1-3-7-19/h1-3,6-7,16H,4-5,8-15,17H2,(H2,26,27). The van der Waals surface area contributed by atoms with Crippen molar-refractivity contribution in [1.29, 1.82) is 0 Å². The number of rotatable bonds is 3. The van der Waals surface area contributed by atoms with Crippen LogP contribution < -0.4 is 5.73 Å². The van der Waals surface area contributed by atoms with E-state index in [9.17, 15) is 9.59 Å². The number of pyridine rings is 1. The van der Waals surface area contributed by atoms with Crippen molar-refractivity contribution in [2.75, 3.05) is 38.6 Å². The Balaban J connectivity index is 1.41. The number of nitrogens with zero attached hydrogens (tertiary/aromatic N) is 3. The van der Waals surface area contributed by atoms with Crippen LogP contribution in [0.1, 0.15) is 52.9 Å². The predicted molar refractivity (Wildman–Crippen MR) is 121 cm³/mol. The van der Waals surface area contributed by atoms with Gasteiger partial charge in [-0.3, -0.25) is 9.59 Å². The maximum absolute atomic E-state index is 13.9. The molecule has 3 heterocycles. The second-order valence-corrected chi connectivity index (χ2v) is 9.06. The fourth-order valence-corrected chi connectivity index (χ4v) is 5.43. The van der Waals surface area contributed by atoms with Crippen molar-refractivity contribution in [2.24, 2.45) is 0 Å². The second kappa shape index (κ2) is 8.54. The van der Waals surface area contributed by atoms with Crippen LogP contribution in [0.15, 0.2) is 36.4 Å². The van der Waals surface area contributed by atoms with E-state index in [1.54, 1.807) is 4.90 Å². The summed E-state index contributed by atoms with van der Waals surface area (Å²) in [6, 6.07) is 12.1. The molecule has 0 unspecified atom stereocenters. The van der Waals surface area contributed by atoms with Crippen molar-refractivity contribution in [2.45, 2.75) is 44.1 Å². The molecule has 2 aromatic rings. The number of hydrogen-bond donors (Lipinski definition) is 1. The first-order valence-corrected chi connectivity index (χ1v) is 11.6. The third-order valence-corrected chi connectivity index (χ3v) is 7.21. The summed E-state index contributed by atoms with van der Waals surface area (Å²) in [6.07, 6.45) is 4.57. The van der Waals surface area contributed by atoms with Gasteiger partial charge in [0.1, 0.15) is 5.82 Å². The third kappa shape index (κ3) is 3.64. The van der Waals surface area contributed by atoms with Crippen molar-refractivity contribution >= 4 is 17.6 Å². The Hall–Kier alpha value is -2.93. The lowest BCUT2D eigenvalue weighted by Crippen LogP contribution is -2.47. The summed E-state index contributed by atoms with van der Waals surface area (Å²) in [4.78, 5) is 35.2. The first-order valence-electron chi connectivity index (χ1n) is 11.6. The lowest BCUT2D eigenvalue weighted by Gasteiger charge is -2.37. The van der Waals surface area contributed by atoms with Crippen LogP contribution in [0.5, 0.6) is 0 Å². The summed E-state index contributed by atoms with van der Waals surface area (Å²) in [7, 11) is 0. The topological polar surface area (TPSA) is 88.8 Å². The number of fused-ring (bicyclic) bond motifs is 1. The Kier molecular flexibility index (Phi) is 5.59. The number of anilines is 1. The second-order valence-electron chi connectivity index (χ2n) is 9.06. The van der Waals surface area contributed by atoms with Crippen molar-refractivity contribution in [3.05, 3.63) is 58.8 Å². The number of ether oxygens (including phenoxy) is 1. The number of aromatic nitrogens is 1. The molecule has 1 saturated heterocycles. The Morgan fingerprint density at radius 3 is 2.44 bits per heavy atom. The molecule has 0 radical (unpaired) electrons. The minimum atomic E-state index is -0.438. The summed E-state index contributed by atoms with van der Waals surface area (Å²) in [5.41, 5.74) is 9.10. The van der Waals surface area contributed by atoms with Gasteiger partial charge in [0.15, 0.2) is 0 Å². The van der Waals surface area contributed by atoms with E-state index in [2.05, 4.69) is 17.1 Å². The van der Waals surface area contributed by atoms with E-state index in [0.717, 1.165) is 42.5 Å². The van der Waals surface area contributed by atoms with Crippen LogP contribution >= 0.6 is 0 Å². The molecule has 1 aromatic carbocycles. The number of benzene rings is 1. The average Bonchev–Trinajstić information content (AvgIpc) is 3.35. The van der Waals surface area contributed by atoms with E-state index in [1.165, 1.54) is 0 Å². The molecule has 1 aliphatic carbocycles. The zero-order valence-corrected chi connectivity index (χ0v) is 18.4. The van der Waals surface area contributed by atoms with E-state index < -0.39 is 5.41 Å². The van der Waals surface area contributed by atoms with Crippen LogP contribution in [0.3, 0.4) is 0 Å². The van der Waals surface area contributed by atoms with Crippen molar-refractivity contribution in [1.82, 2.24) is 14.8 Å². The Morgan fingerprint density at radius 2 is 1.72 bits per heavy atom. The Morgan fingerprint density at radius 1 is 1.00 bits per heavy atom. The molecule has 2 aliphatic heterocycles. The number of amides is 2. The first kappa shape index (κ1) is 20.9. The van der Waals surface area contributed by atoms with Crippen LogP contribution in [0.2, 0.25) is 0 Å². The first-order chi connectivity index (χ1) is 15.6. The molecule has 1 saturated carbocycles. The lowest BCUT2D eigenvalue weighted by molar-refractivity contribution is -0.138. The molecular formula is C25H30N4O3. The highest BCUT2D eigenvalue weighted by molar-refractivity contribution is 5.98. The highest BCUT2D eigenvalue weighted by Gasteiger charge is 2.45. The van der Waals surface area contributed by atoms with Crippen molar-refractivity contribution in [3.63, 3.8) is 0 Å². The molecular weight excluding hydrogens is 404 g/mol. The highest BCUT2D eigenvalue weighted by Crippen LogP contribution is 2.43. The molecule has 168 valence electrons. The van der Waals surface area contributed by atoms with Gasteiger partial charge in [-0.1, -0.05) is 43.2 Å². The fraction of sp³-hybridized carbons (Fsp3) is 0.480. The zero-order chi connectivity index (χ0) is 22.1. The number of carbonyl (C=O) groups is 2. The molecule has 3 aliphatic rings. The molecule has 0 atom stereocenters. The number of nitrogens with two attached hydrogens (primary N) is 1. The summed E-state index contributed by atoms with van der Waals surface area (Å²) in [6.45, 7) is 3.28. The molecule has 2 amide bonds. The maximum atomic E-state index is 13.9. The summed E-state index contributed by atoms with van der Waals surface area (Å²) in [5, 5.41) is 0.